The predicted octanol–water partition coefficient (Wildman–Crippen LogP) is 7.00. The second-order valence-electron chi connectivity index (χ2n) is 8.57. The first-order valence-electron chi connectivity index (χ1n) is 10.2. The van der Waals surface area contributed by atoms with Crippen LogP contribution >= 0.6 is 69.6 Å². The van der Waals surface area contributed by atoms with Gasteiger partial charge in [-0.15, -0.1) is 0 Å². The molecule has 0 aromatic heterocycles. The minimum atomic E-state index is -1.42. The molecule has 0 aliphatic heterocycles. The number of aldehydes is 1. The van der Waals surface area contributed by atoms with Crippen molar-refractivity contribution in [2.75, 3.05) is 18.9 Å². The second-order valence-corrected chi connectivity index (χ2v) is 11.6. The fourth-order valence-electron chi connectivity index (χ4n) is 4.20. The third-order valence-corrected chi connectivity index (χ3v) is 9.29. The van der Waals surface area contributed by atoms with Gasteiger partial charge in [-0.1, -0.05) is 69.6 Å². The van der Waals surface area contributed by atoms with Gasteiger partial charge in [-0.25, -0.2) is 0 Å². The zero-order valence-electron chi connectivity index (χ0n) is 17.6. The zero-order valence-corrected chi connectivity index (χ0v) is 22.2. The standard InChI is InChI=1S/C23H17Cl6N3O2/c1-32(21(9-30)4-5-21)20(34)14-8-13(2-3-15(14)24)31-10-22(11-33)19(23(22,28)29)12-6-16(25)18(27)17(26)7-12/h2-3,6-8,11,19,31H,4-5,10H2,1H3. The summed E-state index contributed by atoms with van der Waals surface area (Å²) in [5, 5.41) is 13.4. The molecule has 4 rings (SSSR count). The maximum absolute atomic E-state index is 13.0. The van der Waals surface area contributed by atoms with E-state index < -0.39 is 21.2 Å². The van der Waals surface area contributed by atoms with E-state index in [1.165, 1.54) is 4.90 Å². The van der Waals surface area contributed by atoms with E-state index in [4.69, 9.17) is 69.6 Å². The Morgan fingerprint density at radius 2 is 1.76 bits per heavy atom. The molecule has 5 nitrogen and oxygen atoms in total. The van der Waals surface area contributed by atoms with Crippen LogP contribution in [0.5, 0.6) is 0 Å². The van der Waals surface area contributed by atoms with Gasteiger partial charge in [-0.2, -0.15) is 5.26 Å². The summed E-state index contributed by atoms with van der Waals surface area (Å²) in [6.45, 7) is 0.0687. The van der Waals surface area contributed by atoms with E-state index in [1.807, 2.05) is 0 Å². The highest BCUT2D eigenvalue weighted by molar-refractivity contribution is 6.54. The summed E-state index contributed by atoms with van der Waals surface area (Å²) >= 11 is 37.7. The Morgan fingerprint density at radius 3 is 2.29 bits per heavy atom. The van der Waals surface area contributed by atoms with Crippen molar-refractivity contribution in [2.45, 2.75) is 28.6 Å². The number of amides is 1. The number of carbonyl (C=O) groups excluding carboxylic acids is 2. The van der Waals surface area contributed by atoms with E-state index in [0.29, 0.717) is 30.4 Å². The number of nitriles is 1. The van der Waals surface area contributed by atoms with Crippen LogP contribution in [0.1, 0.15) is 34.7 Å². The summed E-state index contributed by atoms with van der Waals surface area (Å²) in [6, 6.07) is 10.2. The van der Waals surface area contributed by atoms with Gasteiger partial charge < -0.3 is 15.0 Å². The lowest BCUT2D eigenvalue weighted by Crippen LogP contribution is -2.38. The number of benzene rings is 2. The fraction of sp³-hybridized carbons (Fsp3) is 0.348. The van der Waals surface area contributed by atoms with Crippen LogP contribution < -0.4 is 5.32 Å². The molecule has 2 aromatic rings. The molecule has 1 N–H and O–H groups in total. The molecule has 2 aromatic carbocycles. The van der Waals surface area contributed by atoms with E-state index in [-0.39, 0.29) is 38.1 Å². The maximum Gasteiger partial charge on any atom is 0.256 e. The number of carbonyl (C=O) groups is 2. The average Bonchev–Trinajstić information content (AvgIpc) is 3.69. The Kier molecular flexibility index (Phi) is 6.74. The number of hydrogen-bond acceptors (Lipinski definition) is 4. The van der Waals surface area contributed by atoms with E-state index in [2.05, 4.69) is 11.4 Å². The third kappa shape index (κ3) is 4.03. The molecule has 178 valence electrons. The molecule has 1 amide bonds. The van der Waals surface area contributed by atoms with Crippen molar-refractivity contribution in [1.29, 1.82) is 5.26 Å². The summed E-state index contributed by atoms with van der Waals surface area (Å²) in [5.74, 6) is -0.956. The van der Waals surface area contributed by atoms with Crippen LogP contribution in [0, 0.1) is 16.7 Å². The molecule has 2 atom stereocenters. The molecule has 11 heteroatoms. The number of anilines is 1. The Labute approximate surface area is 226 Å². The van der Waals surface area contributed by atoms with E-state index in [0.717, 1.165) is 0 Å². The first-order chi connectivity index (χ1) is 15.9. The first-order valence-corrected chi connectivity index (χ1v) is 12.4. The number of hydrogen-bond donors (Lipinski definition) is 1. The Morgan fingerprint density at radius 1 is 1.15 bits per heavy atom. The topological polar surface area (TPSA) is 73.2 Å². The molecule has 0 heterocycles. The van der Waals surface area contributed by atoms with Gasteiger partial charge in [0, 0.05) is 25.2 Å². The monoisotopic (exact) mass is 577 g/mol. The van der Waals surface area contributed by atoms with Crippen molar-refractivity contribution in [3.05, 3.63) is 61.5 Å². The lowest BCUT2D eigenvalue weighted by molar-refractivity contribution is -0.112. The molecular formula is C23H17Cl6N3O2. The maximum atomic E-state index is 13.0. The van der Waals surface area contributed by atoms with Crippen molar-refractivity contribution in [2.24, 2.45) is 5.41 Å². The number of nitrogens with one attached hydrogen (secondary N) is 1. The molecule has 0 spiro atoms. The van der Waals surface area contributed by atoms with Gasteiger partial charge in [0.05, 0.1) is 37.1 Å². The van der Waals surface area contributed by atoms with Crippen molar-refractivity contribution < 1.29 is 9.59 Å². The van der Waals surface area contributed by atoms with E-state index >= 15 is 0 Å². The van der Waals surface area contributed by atoms with Crippen LogP contribution in [-0.4, -0.2) is 40.6 Å². The predicted molar refractivity (Wildman–Crippen MR) is 137 cm³/mol. The van der Waals surface area contributed by atoms with Crippen LogP contribution in [0.4, 0.5) is 5.69 Å². The van der Waals surface area contributed by atoms with Crippen LogP contribution in [0.15, 0.2) is 30.3 Å². The van der Waals surface area contributed by atoms with Crippen molar-refractivity contribution >= 4 is 87.5 Å². The zero-order chi connectivity index (χ0) is 25.1. The highest BCUT2D eigenvalue weighted by Gasteiger charge is 2.76. The summed E-state index contributed by atoms with van der Waals surface area (Å²) < 4.78 is -1.42. The summed E-state index contributed by atoms with van der Waals surface area (Å²) in [4.78, 5) is 26.6. The molecule has 2 aliphatic carbocycles. The molecule has 34 heavy (non-hydrogen) atoms. The van der Waals surface area contributed by atoms with E-state index in [1.54, 1.807) is 37.4 Å². The lowest BCUT2D eigenvalue weighted by Gasteiger charge is -2.23. The van der Waals surface area contributed by atoms with Gasteiger partial charge in [0.1, 0.15) is 16.2 Å². The molecular weight excluding hydrogens is 563 g/mol. The minimum Gasteiger partial charge on any atom is -0.384 e. The smallest absolute Gasteiger partial charge is 0.256 e. The number of nitrogens with zero attached hydrogens (tertiary/aromatic N) is 2. The van der Waals surface area contributed by atoms with Crippen LogP contribution in [0.3, 0.4) is 0 Å². The Bertz CT molecular complexity index is 1220. The van der Waals surface area contributed by atoms with E-state index in [9.17, 15) is 14.9 Å². The van der Waals surface area contributed by atoms with Gasteiger partial charge in [-0.3, -0.25) is 4.79 Å². The Hall–Kier alpha value is -1.39. The lowest BCUT2D eigenvalue weighted by atomic mass is 10.00. The number of alkyl halides is 2. The molecule has 0 saturated heterocycles. The summed E-state index contributed by atoms with van der Waals surface area (Å²) in [6.07, 6.45) is 1.95. The van der Waals surface area contributed by atoms with Crippen LogP contribution in [0.2, 0.25) is 20.1 Å². The number of halogens is 6. The number of rotatable bonds is 7. The molecule has 2 saturated carbocycles. The SMILES string of the molecule is CN(C(=O)c1cc(NCC2(C=O)C(c3cc(Cl)c(Cl)c(Cl)c3)C2(Cl)Cl)ccc1Cl)C1(C#N)CC1. The molecule has 2 unspecified atom stereocenters. The van der Waals surface area contributed by atoms with Crippen molar-refractivity contribution in [3.63, 3.8) is 0 Å². The normalized spacial score (nSPS) is 23.5. The first kappa shape index (κ1) is 25.7. The third-order valence-electron chi connectivity index (χ3n) is 6.62. The minimum absolute atomic E-state index is 0.0687. The van der Waals surface area contributed by atoms with Gasteiger partial charge in [0.25, 0.3) is 5.91 Å². The van der Waals surface area contributed by atoms with Gasteiger partial charge in [0.15, 0.2) is 0 Å². The quantitative estimate of drug-likeness (QED) is 0.218. The summed E-state index contributed by atoms with van der Waals surface area (Å²) in [7, 11) is 1.59. The highest BCUT2D eigenvalue weighted by atomic mass is 35.5. The molecule has 0 bridgehead atoms. The van der Waals surface area contributed by atoms with Crippen molar-refractivity contribution in [3.8, 4) is 6.07 Å². The van der Waals surface area contributed by atoms with Gasteiger partial charge in [0.2, 0.25) is 0 Å². The van der Waals surface area contributed by atoms with Crippen LogP contribution in [0.25, 0.3) is 0 Å². The molecule has 0 radical (unpaired) electrons. The fourth-order valence-corrected chi connectivity index (χ4v) is 5.98. The van der Waals surface area contributed by atoms with Gasteiger partial charge >= 0.3 is 0 Å². The van der Waals surface area contributed by atoms with Crippen LogP contribution in [-0.2, 0) is 4.79 Å². The van der Waals surface area contributed by atoms with Gasteiger partial charge in [-0.05, 0) is 48.7 Å². The Balaban J connectivity index is 1.57. The molecule has 2 aliphatic rings. The second kappa shape index (κ2) is 8.92. The highest BCUT2D eigenvalue weighted by Crippen LogP contribution is 2.73. The summed E-state index contributed by atoms with van der Waals surface area (Å²) in [5.41, 5.74) is -0.618. The molecule has 2 fully saturated rings. The average molecular weight is 580 g/mol. The largest absolute Gasteiger partial charge is 0.384 e. The van der Waals surface area contributed by atoms with Crippen molar-refractivity contribution in [1.82, 2.24) is 4.90 Å².